The Balaban J connectivity index is 1.99. The molecule has 0 aromatic heterocycles. The minimum absolute atomic E-state index is 0.0199. The van der Waals surface area contributed by atoms with Gasteiger partial charge in [0.1, 0.15) is 5.75 Å². The minimum Gasteiger partial charge on any atom is -0.496 e. The second-order valence-corrected chi connectivity index (χ2v) is 5.01. The van der Waals surface area contributed by atoms with Crippen LogP contribution in [0.4, 0.5) is 0 Å². The van der Waals surface area contributed by atoms with Crippen LogP contribution in [0.15, 0.2) is 24.3 Å². The van der Waals surface area contributed by atoms with Gasteiger partial charge in [-0.2, -0.15) is 0 Å². The summed E-state index contributed by atoms with van der Waals surface area (Å²) in [6.45, 7) is 1.53. The van der Waals surface area contributed by atoms with Gasteiger partial charge in [0.15, 0.2) is 0 Å². The number of hydrogen-bond acceptors (Lipinski definition) is 3. The van der Waals surface area contributed by atoms with E-state index < -0.39 is 0 Å². The Morgan fingerprint density at radius 3 is 2.89 bits per heavy atom. The van der Waals surface area contributed by atoms with E-state index in [-0.39, 0.29) is 11.9 Å². The molecule has 2 rings (SSSR count). The lowest BCUT2D eigenvalue weighted by molar-refractivity contribution is -0.133. The number of nitrogens with one attached hydrogen (secondary N) is 1. The molecule has 1 aliphatic rings. The Morgan fingerprint density at radius 2 is 2.21 bits per heavy atom. The van der Waals surface area contributed by atoms with Crippen molar-refractivity contribution in [2.75, 3.05) is 20.7 Å². The number of rotatable bonds is 4. The summed E-state index contributed by atoms with van der Waals surface area (Å²) in [5.41, 5.74) is 1.04. The number of carbonyl (C=O) groups excluding carboxylic acids is 1. The number of benzene rings is 1. The van der Waals surface area contributed by atoms with Crippen LogP contribution >= 0.6 is 0 Å². The minimum atomic E-state index is -0.0199. The topological polar surface area (TPSA) is 41.6 Å². The smallest absolute Gasteiger partial charge is 0.239 e. The first-order chi connectivity index (χ1) is 9.22. The van der Waals surface area contributed by atoms with Crippen LogP contribution in [0.5, 0.6) is 5.75 Å². The quantitative estimate of drug-likeness (QED) is 0.899. The van der Waals surface area contributed by atoms with Gasteiger partial charge in [-0.1, -0.05) is 24.6 Å². The zero-order valence-electron chi connectivity index (χ0n) is 11.7. The van der Waals surface area contributed by atoms with Crippen molar-refractivity contribution in [1.82, 2.24) is 10.2 Å². The number of amides is 1. The van der Waals surface area contributed by atoms with E-state index in [0.29, 0.717) is 6.54 Å². The van der Waals surface area contributed by atoms with Gasteiger partial charge < -0.3 is 15.0 Å². The lowest BCUT2D eigenvalue weighted by Crippen LogP contribution is -2.47. The first kappa shape index (κ1) is 13.9. The highest BCUT2D eigenvalue weighted by Gasteiger charge is 2.23. The molecular formula is C15H22N2O2. The van der Waals surface area contributed by atoms with Crippen molar-refractivity contribution in [2.45, 2.75) is 31.8 Å². The van der Waals surface area contributed by atoms with Crippen molar-refractivity contribution >= 4 is 5.91 Å². The van der Waals surface area contributed by atoms with Crippen LogP contribution in [0.2, 0.25) is 0 Å². The molecule has 4 nitrogen and oxygen atoms in total. The SMILES string of the molecule is COc1ccccc1CN(C)C(=O)C1CCCCN1. The van der Waals surface area contributed by atoms with Gasteiger partial charge in [0.05, 0.1) is 13.2 Å². The van der Waals surface area contributed by atoms with Crippen molar-refractivity contribution in [3.05, 3.63) is 29.8 Å². The average molecular weight is 262 g/mol. The van der Waals surface area contributed by atoms with Crippen molar-refractivity contribution in [1.29, 1.82) is 0 Å². The van der Waals surface area contributed by atoms with Crippen LogP contribution in [-0.4, -0.2) is 37.6 Å². The Labute approximate surface area is 114 Å². The number of para-hydroxylation sites is 1. The highest BCUT2D eigenvalue weighted by Crippen LogP contribution is 2.19. The summed E-state index contributed by atoms with van der Waals surface area (Å²) in [6.07, 6.45) is 3.24. The van der Waals surface area contributed by atoms with Crippen molar-refractivity contribution in [3.63, 3.8) is 0 Å². The third kappa shape index (κ3) is 3.47. The van der Waals surface area contributed by atoms with E-state index in [0.717, 1.165) is 30.7 Å². The number of carbonyl (C=O) groups is 1. The van der Waals surface area contributed by atoms with Crippen LogP contribution in [0.3, 0.4) is 0 Å². The predicted octanol–water partition coefficient (Wildman–Crippen LogP) is 1.80. The monoisotopic (exact) mass is 262 g/mol. The maximum atomic E-state index is 12.3. The van der Waals surface area contributed by atoms with Crippen LogP contribution in [0.1, 0.15) is 24.8 Å². The van der Waals surface area contributed by atoms with Crippen LogP contribution in [0.25, 0.3) is 0 Å². The number of piperidine rings is 1. The lowest BCUT2D eigenvalue weighted by atomic mass is 10.0. The Kier molecular flexibility index (Phi) is 4.80. The standard InChI is InChI=1S/C15H22N2O2/c1-17(15(18)13-8-5-6-10-16-13)11-12-7-3-4-9-14(12)19-2/h3-4,7,9,13,16H,5-6,8,10-11H2,1-2H3. The molecule has 1 heterocycles. The third-order valence-electron chi connectivity index (χ3n) is 3.58. The molecule has 0 saturated carbocycles. The highest BCUT2D eigenvalue weighted by atomic mass is 16.5. The summed E-state index contributed by atoms with van der Waals surface area (Å²) in [4.78, 5) is 14.1. The third-order valence-corrected chi connectivity index (χ3v) is 3.58. The fraction of sp³-hybridized carbons (Fsp3) is 0.533. The van der Waals surface area contributed by atoms with Crippen LogP contribution in [0, 0.1) is 0 Å². The van der Waals surface area contributed by atoms with Gasteiger partial charge in [-0.25, -0.2) is 0 Å². The molecule has 1 unspecified atom stereocenters. The summed E-state index contributed by atoms with van der Waals surface area (Å²) in [7, 11) is 3.51. The summed E-state index contributed by atoms with van der Waals surface area (Å²) in [5.74, 6) is 1.00. The van der Waals surface area contributed by atoms with E-state index in [9.17, 15) is 4.79 Å². The molecule has 0 spiro atoms. The summed E-state index contributed by atoms with van der Waals surface area (Å²) in [6, 6.07) is 7.80. The highest BCUT2D eigenvalue weighted by molar-refractivity contribution is 5.81. The molecule has 0 bridgehead atoms. The summed E-state index contributed by atoms with van der Waals surface area (Å²) >= 11 is 0. The molecule has 1 aromatic carbocycles. The van der Waals surface area contributed by atoms with E-state index in [2.05, 4.69) is 5.32 Å². The lowest BCUT2D eigenvalue weighted by Gasteiger charge is -2.27. The first-order valence-electron chi connectivity index (χ1n) is 6.82. The van der Waals surface area contributed by atoms with E-state index in [4.69, 9.17) is 4.74 Å². The molecule has 0 radical (unpaired) electrons. The van der Waals surface area contributed by atoms with Crippen LogP contribution < -0.4 is 10.1 Å². The molecule has 1 amide bonds. The fourth-order valence-corrected chi connectivity index (χ4v) is 2.50. The Hall–Kier alpha value is -1.55. The molecule has 4 heteroatoms. The van der Waals surface area contributed by atoms with Crippen LogP contribution in [-0.2, 0) is 11.3 Å². The van der Waals surface area contributed by atoms with Gasteiger partial charge in [-0.05, 0) is 25.5 Å². The molecule has 1 fully saturated rings. The summed E-state index contributed by atoms with van der Waals surface area (Å²) in [5, 5.41) is 3.29. The Morgan fingerprint density at radius 1 is 1.42 bits per heavy atom. The van der Waals surface area contributed by atoms with Crippen molar-refractivity contribution in [3.8, 4) is 5.75 Å². The van der Waals surface area contributed by atoms with Gasteiger partial charge in [-0.3, -0.25) is 4.79 Å². The molecule has 0 aliphatic carbocycles. The molecule has 1 aliphatic heterocycles. The van der Waals surface area contributed by atoms with Gasteiger partial charge in [0, 0.05) is 19.2 Å². The van der Waals surface area contributed by atoms with Crippen molar-refractivity contribution in [2.24, 2.45) is 0 Å². The fourth-order valence-electron chi connectivity index (χ4n) is 2.50. The molecule has 1 atom stereocenters. The number of likely N-dealkylation sites (N-methyl/N-ethyl adjacent to an activating group) is 1. The van der Waals surface area contributed by atoms with E-state index in [1.807, 2.05) is 31.3 Å². The van der Waals surface area contributed by atoms with E-state index in [1.54, 1.807) is 12.0 Å². The van der Waals surface area contributed by atoms with Crippen molar-refractivity contribution < 1.29 is 9.53 Å². The summed E-state index contributed by atoms with van der Waals surface area (Å²) < 4.78 is 5.32. The maximum absolute atomic E-state index is 12.3. The largest absolute Gasteiger partial charge is 0.496 e. The van der Waals surface area contributed by atoms with E-state index in [1.165, 1.54) is 6.42 Å². The van der Waals surface area contributed by atoms with Gasteiger partial charge in [-0.15, -0.1) is 0 Å². The maximum Gasteiger partial charge on any atom is 0.239 e. The van der Waals surface area contributed by atoms with Gasteiger partial charge in [0.2, 0.25) is 5.91 Å². The first-order valence-corrected chi connectivity index (χ1v) is 6.82. The molecular weight excluding hydrogens is 240 g/mol. The number of methoxy groups -OCH3 is 1. The molecule has 1 aromatic rings. The molecule has 19 heavy (non-hydrogen) atoms. The zero-order valence-corrected chi connectivity index (χ0v) is 11.7. The zero-order chi connectivity index (χ0) is 13.7. The van der Waals surface area contributed by atoms with Gasteiger partial charge >= 0.3 is 0 Å². The normalized spacial score (nSPS) is 18.9. The van der Waals surface area contributed by atoms with Gasteiger partial charge in [0.25, 0.3) is 0 Å². The second-order valence-electron chi connectivity index (χ2n) is 5.01. The second kappa shape index (κ2) is 6.57. The predicted molar refractivity (Wildman–Crippen MR) is 75.1 cm³/mol. The number of ether oxygens (including phenoxy) is 1. The molecule has 1 saturated heterocycles. The Bertz CT molecular complexity index is 428. The average Bonchev–Trinajstić information content (AvgIpc) is 2.48. The molecule has 104 valence electrons. The number of nitrogens with zero attached hydrogens (tertiary/aromatic N) is 1. The number of hydrogen-bond donors (Lipinski definition) is 1. The van der Waals surface area contributed by atoms with E-state index >= 15 is 0 Å². The molecule has 1 N–H and O–H groups in total.